The van der Waals surface area contributed by atoms with Crippen molar-refractivity contribution < 1.29 is 9.18 Å². The number of carbonyl (C=O) groups excluding carboxylic acids is 1. The number of nitrogens with zero attached hydrogens (tertiary/aromatic N) is 2. The minimum absolute atomic E-state index is 0.226. The molecule has 0 saturated carbocycles. The van der Waals surface area contributed by atoms with Crippen LogP contribution in [0.2, 0.25) is 0 Å². The van der Waals surface area contributed by atoms with Crippen LogP contribution in [-0.4, -0.2) is 16.2 Å². The molecule has 1 aliphatic heterocycles. The van der Waals surface area contributed by atoms with Crippen molar-refractivity contribution in [2.45, 2.75) is 6.54 Å². The summed E-state index contributed by atoms with van der Waals surface area (Å²) in [5, 5.41) is 6.15. The predicted octanol–water partition coefficient (Wildman–Crippen LogP) is 2.99. The van der Waals surface area contributed by atoms with Gasteiger partial charge in [0.25, 0.3) is 5.91 Å². The summed E-state index contributed by atoms with van der Waals surface area (Å²) in [4.78, 5) is 12.1. The Hall–Kier alpha value is -2.47. The van der Waals surface area contributed by atoms with Gasteiger partial charge in [0.05, 0.1) is 22.5 Å². The first kappa shape index (κ1) is 12.3. The van der Waals surface area contributed by atoms with Crippen LogP contribution in [0.1, 0.15) is 16.1 Å². The van der Waals surface area contributed by atoms with Crippen LogP contribution < -0.4 is 5.43 Å². The molecule has 0 fully saturated rings. The zero-order chi connectivity index (χ0) is 14.4. The molecule has 3 heterocycles. The smallest absolute Gasteiger partial charge is 0.288 e. The summed E-state index contributed by atoms with van der Waals surface area (Å²) in [6, 6.07) is 9.98. The highest BCUT2D eigenvalue weighted by Gasteiger charge is 2.21. The van der Waals surface area contributed by atoms with Gasteiger partial charge in [-0.2, -0.15) is 5.10 Å². The van der Waals surface area contributed by atoms with Crippen molar-refractivity contribution in [1.29, 1.82) is 0 Å². The molecule has 0 saturated heterocycles. The molecule has 0 bridgehead atoms. The maximum Gasteiger partial charge on any atom is 0.288 e. The summed E-state index contributed by atoms with van der Waals surface area (Å²) in [5.41, 5.74) is 5.66. The van der Waals surface area contributed by atoms with Crippen molar-refractivity contribution in [1.82, 2.24) is 9.99 Å². The van der Waals surface area contributed by atoms with Crippen molar-refractivity contribution in [3.05, 3.63) is 58.9 Å². The van der Waals surface area contributed by atoms with Gasteiger partial charge in [-0.15, -0.1) is 11.3 Å². The number of amides is 1. The number of hydrazone groups is 1. The van der Waals surface area contributed by atoms with Crippen LogP contribution in [0.15, 0.2) is 46.9 Å². The van der Waals surface area contributed by atoms with Crippen LogP contribution in [0.25, 0.3) is 10.2 Å². The van der Waals surface area contributed by atoms with Gasteiger partial charge in [0.2, 0.25) is 0 Å². The molecule has 3 aromatic rings. The van der Waals surface area contributed by atoms with E-state index in [0.29, 0.717) is 18.0 Å². The average Bonchev–Trinajstić information content (AvgIpc) is 3.02. The Kier molecular flexibility index (Phi) is 2.65. The number of hydrogen-bond acceptors (Lipinski definition) is 3. The fourth-order valence-corrected chi connectivity index (χ4v) is 3.32. The highest BCUT2D eigenvalue weighted by Crippen LogP contribution is 2.26. The zero-order valence-corrected chi connectivity index (χ0v) is 11.7. The van der Waals surface area contributed by atoms with E-state index in [9.17, 15) is 9.18 Å². The molecule has 0 atom stereocenters. The minimum atomic E-state index is -0.293. The lowest BCUT2D eigenvalue weighted by Crippen LogP contribution is -2.17. The number of thiophene rings is 1. The SMILES string of the molecule is O=C1NN=C(c2ccc(F)cc2)Cn2c1cc1sccc12. The Labute approximate surface area is 123 Å². The quantitative estimate of drug-likeness (QED) is 0.737. The lowest BCUT2D eigenvalue weighted by atomic mass is 10.1. The van der Waals surface area contributed by atoms with Gasteiger partial charge in [-0.05, 0) is 35.2 Å². The number of hydrogen-bond donors (Lipinski definition) is 1. The van der Waals surface area contributed by atoms with E-state index in [-0.39, 0.29) is 11.7 Å². The first-order valence-corrected chi connectivity index (χ1v) is 7.30. The topological polar surface area (TPSA) is 46.4 Å². The molecular weight excluding hydrogens is 289 g/mol. The van der Waals surface area contributed by atoms with Crippen LogP contribution in [0.5, 0.6) is 0 Å². The van der Waals surface area contributed by atoms with Gasteiger partial charge in [0.1, 0.15) is 11.5 Å². The van der Waals surface area contributed by atoms with Crippen LogP contribution in [0, 0.1) is 5.82 Å². The van der Waals surface area contributed by atoms with E-state index in [1.165, 1.54) is 12.1 Å². The third-order valence-electron chi connectivity index (χ3n) is 3.53. The lowest BCUT2D eigenvalue weighted by Gasteiger charge is -2.07. The standard InChI is InChI=1S/C15H10FN3OS/c16-10-3-1-9(2-4-10)11-8-19-12-5-6-21-14(12)7-13(19)15(20)18-17-11/h1-7H,8H2,(H,18,20). The van der Waals surface area contributed by atoms with E-state index >= 15 is 0 Å². The van der Waals surface area contributed by atoms with Crippen molar-refractivity contribution in [3.63, 3.8) is 0 Å². The Balaban J connectivity index is 1.84. The molecule has 1 N–H and O–H groups in total. The fourth-order valence-electron chi connectivity index (χ4n) is 2.49. The lowest BCUT2D eigenvalue weighted by molar-refractivity contribution is 0.0949. The Bertz CT molecular complexity index is 876. The molecule has 0 aliphatic carbocycles. The Morgan fingerprint density at radius 3 is 2.86 bits per heavy atom. The summed E-state index contributed by atoms with van der Waals surface area (Å²) >= 11 is 1.60. The van der Waals surface area contributed by atoms with Gasteiger partial charge in [-0.25, -0.2) is 9.82 Å². The van der Waals surface area contributed by atoms with Crippen LogP contribution in [-0.2, 0) is 6.54 Å². The Morgan fingerprint density at radius 2 is 2.05 bits per heavy atom. The van der Waals surface area contributed by atoms with E-state index in [4.69, 9.17) is 0 Å². The molecule has 0 radical (unpaired) electrons. The van der Waals surface area contributed by atoms with E-state index < -0.39 is 0 Å². The minimum Gasteiger partial charge on any atom is -0.330 e. The van der Waals surface area contributed by atoms with E-state index in [0.717, 1.165) is 15.8 Å². The fraction of sp³-hybridized carbons (Fsp3) is 0.0667. The van der Waals surface area contributed by atoms with E-state index in [1.807, 2.05) is 22.1 Å². The number of carbonyl (C=O) groups is 1. The van der Waals surface area contributed by atoms with Crippen LogP contribution in [0.3, 0.4) is 0 Å². The molecule has 2 aromatic heterocycles. The highest BCUT2D eigenvalue weighted by atomic mass is 32.1. The van der Waals surface area contributed by atoms with Gasteiger partial charge in [0.15, 0.2) is 0 Å². The first-order valence-electron chi connectivity index (χ1n) is 6.42. The second-order valence-electron chi connectivity index (χ2n) is 4.79. The van der Waals surface area contributed by atoms with E-state index in [1.54, 1.807) is 23.5 Å². The average molecular weight is 299 g/mol. The Morgan fingerprint density at radius 1 is 1.24 bits per heavy atom. The highest BCUT2D eigenvalue weighted by molar-refractivity contribution is 7.17. The molecule has 1 aromatic carbocycles. The summed E-state index contributed by atoms with van der Waals surface area (Å²) in [5.74, 6) is -0.519. The van der Waals surface area contributed by atoms with Gasteiger partial charge >= 0.3 is 0 Å². The number of fused-ring (bicyclic) bond motifs is 3. The van der Waals surface area contributed by atoms with Crippen molar-refractivity contribution in [2.75, 3.05) is 0 Å². The van der Waals surface area contributed by atoms with Crippen LogP contribution in [0.4, 0.5) is 4.39 Å². The third-order valence-corrected chi connectivity index (χ3v) is 4.39. The summed E-state index contributed by atoms with van der Waals surface area (Å²) in [7, 11) is 0. The van der Waals surface area contributed by atoms with Crippen molar-refractivity contribution in [3.8, 4) is 0 Å². The van der Waals surface area contributed by atoms with Gasteiger partial charge in [0, 0.05) is 0 Å². The molecule has 1 amide bonds. The second-order valence-corrected chi connectivity index (χ2v) is 5.74. The molecule has 1 aliphatic rings. The van der Waals surface area contributed by atoms with Gasteiger partial charge in [-0.3, -0.25) is 4.79 Å². The zero-order valence-electron chi connectivity index (χ0n) is 10.8. The summed E-state index contributed by atoms with van der Waals surface area (Å²) in [6.45, 7) is 0.472. The molecule has 4 nitrogen and oxygen atoms in total. The van der Waals surface area contributed by atoms with Gasteiger partial charge in [-0.1, -0.05) is 12.1 Å². The first-order chi connectivity index (χ1) is 10.2. The molecule has 0 unspecified atom stereocenters. The van der Waals surface area contributed by atoms with Crippen LogP contribution >= 0.6 is 11.3 Å². The molecule has 6 heteroatoms. The largest absolute Gasteiger partial charge is 0.330 e. The second kappa shape index (κ2) is 4.53. The number of benzene rings is 1. The van der Waals surface area contributed by atoms with Crippen molar-refractivity contribution >= 4 is 33.2 Å². The molecule has 104 valence electrons. The third kappa shape index (κ3) is 1.95. The molecule has 4 rings (SSSR count). The van der Waals surface area contributed by atoms with E-state index in [2.05, 4.69) is 10.5 Å². The molecular formula is C15H10FN3OS. The summed E-state index contributed by atoms with van der Waals surface area (Å²) in [6.07, 6.45) is 0. The normalized spacial score (nSPS) is 14.5. The maximum absolute atomic E-state index is 13.0. The number of aromatic nitrogens is 1. The maximum atomic E-state index is 13.0. The van der Waals surface area contributed by atoms with Gasteiger partial charge < -0.3 is 4.57 Å². The monoisotopic (exact) mass is 299 g/mol. The molecule has 0 spiro atoms. The number of rotatable bonds is 1. The molecule has 21 heavy (non-hydrogen) atoms. The van der Waals surface area contributed by atoms with Crippen molar-refractivity contribution in [2.24, 2.45) is 5.10 Å². The predicted molar refractivity (Wildman–Crippen MR) is 80.2 cm³/mol. The number of nitrogens with one attached hydrogen (secondary N) is 1. The summed E-state index contributed by atoms with van der Waals surface area (Å²) < 4.78 is 16.0. The number of halogens is 1.